The Hall–Kier alpha value is -1.12. The summed E-state index contributed by atoms with van der Waals surface area (Å²) in [6, 6.07) is 10.7. The van der Waals surface area contributed by atoms with E-state index >= 15 is 0 Å². The predicted octanol–water partition coefficient (Wildman–Crippen LogP) is 20.3. The highest BCUT2D eigenvalue weighted by Crippen LogP contribution is 2.63. The molecule has 0 bridgehead atoms. The van der Waals surface area contributed by atoms with E-state index in [9.17, 15) is 0 Å². The minimum absolute atomic E-state index is 0.205. The lowest BCUT2D eigenvalue weighted by molar-refractivity contribution is 0.139. The summed E-state index contributed by atoms with van der Waals surface area (Å²) >= 11 is 0. The van der Waals surface area contributed by atoms with Gasteiger partial charge in [0.05, 0.1) is 0 Å². The van der Waals surface area contributed by atoms with E-state index in [-0.39, 0.29) is 11.0 Å². The molecular weight excluding hydrogens is 775 g/mol. The van der Waals surface area contributed by atoms with Crippen molar-refractivity contribution in [2.45, 2.75) is 308 Å². The lowest BCUT2D eigenvalue weighted by Gasteiger charge is -2.56. The average molecular weight is 883 g/mol. The zero-order chi connectivity index (χ0) is 45.0. The molecule has 360 valence electrons. The van der Waals surface area contributed by atoms with E-state index in [1.165, 1.54) is 231 Å². The van der Waals surface area contributed by atoms with Gasteiger partial charge in [0, 0.05) is 17.0 Å². The molecule has 0 N–H and O–H groups in total. The van der Waals surface area contributed by atoms with Crippen molar-refractivity contribution in [2.75, 3.05) is 0 Å². The molecule has 0 spiro atoms. The van der Waals surface area contributed by atoms with Crippen LogP contribution in [0, 0.1) is 17.8 Å². The van der Waals surface area contributed by atoms with Crippen LogP contribution in [-0.2, 0) is 5.41 Å². The van der Waals surface area contributed by atoms with Crippen molar-refractivity contribution >= 4 is 13.8 Å². The molecule has 0 heterocycles. The fourth-order valence-corrected chi connectivity index (χ4v) is 20.8. The Balaban J connectivity index is 1.26. The summed E-state index contributed by atoms with van der Waals surface area (Å²) in [5.74, 6) is 2.20. The van der Waals surface area contributed by atoms with E-state index in [2.05, 4.69) is 95.6 Å². The molecule has 0 amide bonds. The van der Waals surface area contributed by atoms with E-state index in [0.29, 0.717) is 11.8 Å². The predicted molar refractivity (Wildman–Crippen MR) is 284 cm³/mol. The van der Waals surface area contributed by atoms with Gasteiger partial charge in [0.25, 0.3) is 0 Å². The van der Waals surface area contributed by atoms with Crippen molar-refractivity contribution in [1.29, 1.82) is 0 Å². The molecule has 5 rings (SSSR count). The Morgan fingerprint density at radius 3 is 1.44 bits per heavy atom. The van der Waals surface area contributed by atoms with E-state index in [0.717, 1.165) is 17.5 Å². The standard InChI is InChI=1S/C61H107NSi/c1-9-11-13-15-17-19-21-23-25-27-29-31-33-40-46-61(47-41-34-32-30-28-26-24-22-20-18-16-14-12-10-2)57-45-39-38-44-54(57)56-49-52-48-51(3)59(55(52)50-58(56)61)63(7,8)62(60(4,5)6)53-42-36-35-37-43-53/h38-39,44-45,49-53,55,59H,9-37,40-43,46-48H2,1-8H3. The molecule has 1 aromatic carbocycles. The number of rotatable bonds is 33. The van der Waals surface area contributed by atoms with Crippen LogP contribution in [0.25, 0.3) is 5.57 Å². The highest BCUT2D eigenvalue weighted by molar-refractivity contribution is 6.76. The molecule has 0 aliphatic heterocycles. The highest BCUT2D eigenvalue weighted by Gasteiger charge is 2.56. The van der Waals surface area contributed by atoms with Gasteiger partial charge in [-0.05, 0) is 98.4 Å². The second-order valence-electron chi connectivity index (χ2n) is 23.9. The van der Waals surface area contributed by atoms with Crippen molar-refractivity contribution in [3.05, 3.63) is 53.1 Å². The summed E-state index contributed by atoms with van der Waals surface area (Å²) in [4.78, 5) is 0. The first-order valence-electron chi connectivity index (χ1n) is 28.9. The van der Waals surface area contributed by atoms with Crippen LogP contribution < -0.4 is 0 Å². The minimum Gasteiger partial charge on any atom is -0.316 e. The highest BCUT2D eigenvalue weighted by atomic mass is 28.3. The van der Waals surface area contributed by atoms with Crippen LogP contribution in [0.3, 0.4) is 0 Å². The maximum atomic E-state index is 3.21. The second kappa shape index (κ2) is 27.6. The third-order valence-corrected chi connectivity index (χ3v) is 22.3. The third-order valence-electron chi connectivity index (χ3n) is 17.5. The van der Waals surface area contributed by atoms with Crippen LogP contribution in [-0.4, -0.2) is 24.4 Å². The zero-order valence-corrected chi connectivity index (χ0v) is 44.8. The van der Waals surface area contributed by atoms with E-state index in [4.69, 9.17) is 0 Å². The van der Waals surface area contributed by atoms with Gasteiger partial charge in [-0.15, -0.1) is 0 Å². The van der Waals surface area contributed by atoms with Crippen LogP contribution in [0.5, 0.6) is 0 Å². The number of benzene rings is 1. The number of fused-ring (bicyclic) bond motifs is 4. The molecule has 4 unspecified atom stereocenters. The first-order valence-corrected chi connectivity index (χ1v) is 31.9. The molecule has 0 saturated heterocycles. The number of hydrogen-bond acceptors (Lipinski definition) is 1. The Bertz CT molecular complexity index is 1420. The van der Waals surface area contributed by atoms with E-state index < -0.39 is 8.24 Å². The third kappa shape index (κ3) is 15.2. The Kier molecular flexibility index (Phi) is 23.2. The molecular formula is C61H107NSi. The molecule has 0 radical (unpaired) electrons. The van der Waals surface area contributed by atoms with Gasteiger partial charge in [-0.3, -0.25) is 0 Å². The number of unbranched alkanes of at least 4 members (excludes halogenated alkanes) is 26. The molecule has 4 aliphatic carbocycles. The van der Waals surface area contributed by atoms with Crippen LogP contribution in [0.2, 0.25) is 18.6 Å². The van der Waals surface area contributed by atoms with Gasteiger partial charge in [0.2, 0.25) is 0 Å². The van der Waals surface area contributed by atoms with Crippen molar-refractivity contribution in [2.24, 2.45) is 17.8 Å². The zero-order valence-electron chi connectivity index (χ0n) is 43.8. The average Bonchev–Trinajstić information content (AvgIpc) is 3.73. The Morgan fingerprint density at radius 1 is 0.571 bits per heavy atom. The van der Waals surface area contributed by atoms with Crippen molar-refractivity contribution < 1.29 is 0 Å². The summed E-state index contributed by atoms with van der Waals surface area (Å²) in [6.45, 7) is 20.7. The van der Waals surface area contributed by atoms with Gasteiger partial charge < -0.3 is 4.57 Å². The summed E-state index contributed by atoms with van der Waals surface area (Å²) < 4.78 is 3.21. The van der Waals surface area contributed by atoms with Crippen LogP contribution >= 0.6 is 0 Å². The lowest BCUT2D eigenvalue weighted by atomic mass is 9.68. The largest absolute Gasteiger partial charge is 0.316 e. The van der Waals surface area contributed by atoms with E-state index in [1.54, 1.807) is 22.3 Å². The Morgan fingerprint density at radius 2 is 1.00 bits per heavy atom. The van der Waals surface area contributed by atoms with Crippen LogP contribution in [0.1, 0.15) is 284 Å². The van der Waals surface area contributed by atoms with Gasteiger partial charge in [-0.25, -0.2) is 0 Å². The summed E-state index contributed by atoms with van der Waals surface area (Å²) in [6.07, 6.45) is 57.5. The van der Waals surface area contributed by atoms with Crippen molar-refractivity contribution in [3.63, 3.8) is 0 Å². The molecule has 1 nitrogen and oxygen atoms in total. The van der Waals surface area contributed by atoms with Crippen molar-refractivity contribution in [3.8, 4) is 0 Å². The number of hydrogen-bond donors (Lipinski definition) is 0. The second-order valence-corrected chi connectivity index (χ2v) is 28.4. The lowest BCUT2D eigenvalue weighted by Crippen LogP contribution is -2.65. The monoisotopic (exact) mass is 882 g/mol. The summed E-state index contributed by atoms with van der Waals surface area (Å²) in [7, 11) is -1.83. The van der Waals surface area contributed by atoms with Gasteiger partial charge in [-0.1, -0.05) is 269 Å². The quantitative estimate of drug-likeness (QED) is 0.0502. The first-order chi connectivity index (χ1) is 30.6. The SMILES string of the molecule is CCCCCCCCCCCCCCCCC1(CCCCCCCCCCCCCCCC)C2=CC3C(C=C2c2ccccc21)CC(C)C3[Si](C)(C)N(C1CCCCC1)C(C)(C)C. The molecule has 4 aliphatic rings. The van der Waals surface area contributed by atoms with Gasteiger partial charge >= 0.3 is 0 Å². The maximum Gasteiger partial charge on any atom is 0.127 e. The van der Waals surface area contributed by atoms with Crippen molar-refractivity contribution in [1.82, 2.24) is 4.57 Å². The molecule has 2 heteroatoms. The normalized spacial score (nSPS) is 22.3. The first kappa shape index (κ1) is 52.8. The smallest absolute Gasteiger partial charge is 0.127 e. The van der Waals surface area contributed by atoms with Gasteiger partial charge in [0.1, 0.15) is 8.24 Å². The van der Waals surface area contributed by atoms with Crippen LogP contribution in [0.15, 0.2) is 42.0 Å². The number of allylic oxidation sites excluding steroid dienone is 4. The molecule has 63 heavy (non-hydrogen) atoms. The molecule has 1 aromatic rings. The fraction of sp³-hybridized carbons (Fsp3) is 0.836. The fourth-order valence-electron chi connectivity index (χ4n) is 14.8. The summed E-state index contributed by atoms with van der Waals surface area (Å²) in [5.41, 5.74) is 8.06. The molecule has 2 fully saturated rings. The number of nitrogens with zero attached hydrogens (tertiary/aromatic N) is 1. The maximum absolute atomic E-state index is 3.21. The van der Waals surface area contributed by atoms with E-state index in [1.807, 2.05) is 0 Å². The molecule has 0 aromatic heterocycles. The summed E-state index contributed by atoms with van der Waals surface area (Å²) in [5, 5.41) is 0. The minimum atomic E-state index is -1.83. The van der Waals surface area contributed by atoms with Crippen LogP contribution in [0.4, 0.5) is 0 Å². The Labute approximate surface area is 395 Å². The van der Waals surface area contributed by atoms with Gasteiger partial charge in [-0.2, -0.15) is 0 Å². The molecule has 2 saturated carbocycles. The topological polar surface area (TPSA) is 3.24 Å². The van der Waals surface area contributed by atoms with Gasteiger partial charge in [0.15, 0.2) is 0 Å². The molecule has 4 atom stereocenters.